The molecular weight excluding hydrogens is 276 g/mol. The SMILES string of the molecule is Cc1ccccc1N1CCN(C(=N)N=C(N)N)CC1.Cl. The van der Waals surface area contributed by atoms with E-state index in [1.54, 1.807) is 0 Å². The standard InChI is InChI=1S/C13H20N6.ClH/c1-10-4-2-3-5-11(10)18-6-8-19(9-7-18)13(16)17-12(14)15;/h2-5H,6-9H2,1H3,(H5,14,15,16,17);1H. The summed E-state index contributed by atoms with van der Waals surface area (Å²) in [7, 11) is 0. The topological polar surface area (TPSA) is 94.7 Å². The van der Waals surface area contributed by atoms with Crippen LogP contribution >= 0.6 is 12.4 Å². The Morgan fingerprint density at radius 3 is 2.30 bits per heavy atom. The van der Waals surface area contributed by atoms with Crippen LogP contribution < -0.4 is 16.4 Å². The number of nitrogens with one attached hydrogen (secondary N) is 1. The fraction of sp³-hybridized carbons (Fsp3) is 0.385. The molecule has 0 bridgehead atoms. The molecule has 0 atom stereocenters. The highest BCUT2D eigenvalue weighted by Crippen LogP contribution is 2.20. The highest BCUT2D eigenvalue weighted by molar-refractivity contribution is 5.91. The van der Waals surface area contributed by atoms with Crippen molar-refractivity contribution in [2.24, 2.45) is 16.5 Å². The lowest BCUT2D eigenvalue weighted by Crippen LogP contribution is -2.48. The van der Waals surface area contributed by atoms with E-state index in [-0.39, 0.29) is 24.3 Å². The molecule has 1 heterocycles. The van der Waals surface area contributed by atoms with Gasteiger partial charge in [-0.1, -0.05) is 18.2 Å². The number of aliphatic imine (C=N–C) groups is 1. The van der Waals surface area contributed by atoms with Crippen molar-refractivity contribution in [3.05, 3.63) is 29.8 Å². The van der Waals surface area contributed by atoms with Gasteiger partial charge in [0.15, 0.2) is 5.96 Å². The van der Waals surface area contributed by atoms with Crippen molar-refractivity contribution in [3.63, 3.8) is 0 Å². The molecule has 0 saturated carbocycles. The van der Waals surface area contributed by atoms with E-state index < -0.39 is 0 Å². The van der Waals surface area contributed by atoms with Crippen molar-refractivity contribution in [2.75, 3.05) is 31.1 Å². The normalized spacial score (nSPS) is 14.4. The maximum atomic E-state index is 7.79. The number of piperazine rings is 1. The third-order valence-electron chi connectivity index (χ3n) is 3.27. The zero-order valence-electron chi connectivity index (χ0n) is 11.5. The van der Waals surface area contributed by atoms with Gasteiger partial charge < -0.3 is 21.3 Å². The van der Waals surface area contributed by atoms with Crippen LogP contribution in [0, 0.1) is 12.3 Å². The van der Waals surface area contributed by atoms with Gasteiger partial charge in [-0.15, -0.1) is 12.4 Å². The number of benzene rings is 1. The summed E-state index contributed by atoms with van der Waals surface area (Å²) in [5.41, 5.74) is 13.1. The molecule has 6 nitrogen and oxygen atoms in total. The Labute approximate surface area is 125 Å². The Morgan fingerprint density at radius 2 is 1.75 bits per heavy atom. The molecule has 20 heavy (non-hydrogen) atoms. The third-order valence-corrected chi connectivity index (χ3v) is 3.27. The summed E-state index contributed by atoms with van der Waals surface area (Å²) >= 11 is 0. The number of para-hydroxylation sites is 1. The molecule has 1 aromatic rings. The molecule has 5 N–H and O–H groups in total. The van der Waals surface area contributed by atoms with E-state index in [4.69, 9.17) is 16.9 Å². The van der Waals surface area contributed by atoms with Crippen LogP contribution in [-0.4, -0.2) is 43.0 Å². The van der Waals surface area contributed by atoms with Gasteiger partial charge in [0.1, 0.15) is 0 Å². The first kappa shape index (κ1) is 16.1. The van der Waals surface area contributed by atoms with E-state index in [1.807, 2.05) is 11.0 Å². The van der Waals surface area contributed by atoms with Crippen LogP contribution in [0.3, 0.4) is 0 Å². The highest BCUT2D eigenvalue weighted by Gasteiger charge is 2.19. The van der Waals surface area contributed by atoms with Gasteiger partial charge in [-0.25, -0.2) is 0 Å². The Balaban J connectivity index is 0.00000200. The summed E-state index contributed by atoms with van der Waals surface area (Å²) in [6.45, 7) is 5.36. The molecule has 2 rings (SSSR count). The van der Waals surface area contributed by atoms with Gasteiger partial charge in [0, 0.05) is 31.9 Å². The second kappa shape index (κ2) is 7.00. The number of rotatable bonds is 1. The highest BCUT2D eigenvalue weighted by atomic mass is 35.5. The van der Waals surface area contributed by atoms with Crippen LogP contribution in [0.1, 0.15) is 5.56 Å². The number of guanidine groups is 2. The van der Waals surface area contributed by atoms with Crippen LogP contribution in [-0.2, 0) is 0 Å². The maximum Gasteiger partial charge on any atom is 0.221 e. The molecule has 0 radical (unpaired) electrons. The lowest BCUT2D eigenvalue weighted by atomic mass is 10.1. The molecule has 1 aliphatic heterocycles. The zero-order chi connectivity index (χ0) is 13.8. The summed E-state index contributed by atoms with van der Waals surface area (Å²) in [5, 5.41) is 7.79. The second-order valence-electron chi connectivity index (χ2n) is 4.62. The van der Waals surface area contributed by atoms with E-state index in [2.05, 4.69) is 35.0 Å². The average molecular weight is 297 g/mol. The average Bonchev–Trinajstić information content (AvgIpc) is 2.39. The van der Waals surface area contributed by atoms with E-state index >= 15 is 0 Å². The Morgan fingerprint density at radius 1 is 1.15 bits per heavy atom. The fourth-order valence-electron chi connectivity index (χ4n) is 2.27. The first-order chi connectivity index (χ1) is 9.08. The summed E-state index contributed by atoms with van der Waals surface area (Å²) < 4.78 is 0. The summed E-state index contributed by atoms with van der Waals surface area (Å²) in [4.78, 5) is 7.99. The number of nitrogens with zero attached hydrogens (tertiary/aromatic N) is 3. The summed E-state index contributed by atoms with van der Waals surface area (Å²) in [5.74, 6) is 0.0794. The van der Waals surface area contributed by atoms with E-state index in [9.17, 15) is 0 Å². The van der Waals surface area contributed by atoms with Crippen molar-refractivity contribution in [1.29, 1.82) is 5.41 Å². The molecule has 0 aromatic heterocycles. The summed E-state index contributed by atoms with van der Waals surface area (Å²) in [6, 6.07) is 8.34. The van der Waals surface area contributed by atoms with E-state index in [1.165, 1.54) is 11.3 Å². The van der Waals surface area contributed by atoms with Gasteiger partial charge in [-0.05, 0) is 18.6 Å². The predicted octanol–water partition coefficient (Wildman–Crippen LogP) is 0.747. The van der Waals surface area contributed by atoms with Gasteiger partial charge in [0.25, 0.3) is 0 Å². The number of hydrogen-bond donors (Lipinski definition) is 3. The zero-order valence-corrected chi connectivity index (χ0v) is 12.4. The quantitative estimate of drug-likeness (QED) is 0.526. The Kier molecular flexibility index (Phi) is 5.64. The molecule has 0 unspecified atom stereocenters. The minimum absolute atomic E-state index is 0. The Hall–Kier alpha value is -1.95. The molecule has 0 spiro atoms. The molecule has 1 saturated heterocycles. The minimum Gasteiger partial charge on any atom is -0.370 e. The Bertz CT molecular complexity index is 489. The first-order valence-electron chi connectivity index (χ1n) is 6.31. The maximum absolute atomic E-state index is 7.79. The van der Waals surface area contributed by atoms with Crippen LogP contribution in [0.15, 0.2) is 29.3 Å². The molecule has 7 heteroatoms. The first-order valence-corrected chi connectivity index (χ1v) is 6.31. The third kappa shape index (κ3) is 3.77. The smallest absolute Gasteiger partial charge is 0.221 e. The number of nitrogens with two attached hydrogens (primary N) is 2. The largest absolute Gasteiger partial charge is 0.370 e. The molecular formula is C13H21ClN6. The lowest BCUT2D eigenvalue weighted by Gasteiger charge is -2.36. The molecule has 110 valence electrons. The summed E-state index contributed by atoms with van der Waals surface area (Å²) in [6.07, 6.45) is 0. The molecule has 0 aliphatic carbocycles. The van der Waals surface area contributed by atoms with Crippen molar-refractivity contribution < 1.29 is 0 Å². The van der Waals surface area contributed by atoms with Crippen LogP contribution in [0.25, 0.3) is 0 Å². The molecule has 1 fully saturated rings. The van der Waals surface area contributed by atoms with Gasteiger partial charge >= 0.3 is 0 Å². The number of hydrogen-bond acceptors (Lipinski definition) is 2. The van der Waals surface area contributed by atoms with E-state index in [0.29, 0.717) is 0 Å². The number of aryl methyl sites for hydroxylation is 1. The molecule has 0 amide bonds. The second-order valence-corrected chi connectivity index (χ2v) is 4.62. The van der Waals surface area contributed by atoms with Crippen LogP contribution in [0.2, 0.25) is 0 Å². The number of halogens is 1. The predicted molar refractivity (Wildman–Crippen MR) is 85.7 cm³/mol. The van der Waals surface area contributed by atoms with Crippen LogP contribution in [0.4, 0.5) is 5.69 Å². The van der Waals surface area contributed by atoms with Gasteiger partial charge in [0.2, 0.25) is 5.96 Å². The van der Waals surface area contributed by atoms with Crippen molar-refractivity contribution in [1.82, 2.24) is 4.90 Å². The van der Waals surface area contributed by atoms with Gasteiger partial charge in [-0.3, -0.25) is 5.41 Å². The lowest BCUT2D eigenvalue weighted by molar-refractivity contribution is 0.380. The monoisotopic (exact) mass is 296 g/mol. The molecule has 1 aliphatic rings. The van der Waals surface area contributed by atoms with Crippen molar-refractivity contribution in [2.45, 2.75) is 6.92 Å². The molecule has 1 aromatic carbocycles. The van der Waals surface area contributed by atoms with Crippen molar-refractivity contribution >= 4 is 30.0 Å². The number of anilines is 1. The fourth-order valence-corrected chi connectivity index (χ4v) is 2.27. The van der Waals surface area contributed by atoms with E-state index in [0.717, 1.165) is 26.2 Å². The minimum atomic E-state index is -0.0636. The van der Waals surface area contributed by atoms with Crippen molar-refractivity contribution in [3.8, 4) is 0 Å². The van der Waals surface area contributed by atoms with Gasteiger partial charge in [0.05, 0.1) is 0 Å². The van der Waals surface area contributed by atoms with Gasteiger partial charge in [-0.2, -0.15) is 4.99 Å². The van der Waals surface area contributed by atoms with Crippen LogP contribution in [0.5, 0.6) is 0 Å².